The summed E-state index contributed by atoms with van der Waals surface area (Å²) in [6.45, 7) is 16.2. The molecule has 0 amide bonds. The minimum absolute atomic E-state index is 0.215. The van der Waals surface area contributed by atoms with Gasteiger partial charge in [-0.3, -0.25) is 0 Å². The third-order valence-corrected chi connectivity index (χ3v) is 4.07. The molecular weight excluding hydrogens is 218 g/mol. The van der Waals surface area contributed by atoms with Gasteiger partial charge in [0.25, 0.3) is 0 Å². The maximum absolute atomic E-state index is 4.06. The smallest absolute Gasteiger partial charge is 0.0447 e. The molecule has 1 aliphatic rings. The molecule has 0 radical (unpaired) electrons. The Balaban J connectivity index is 2.52. The highest BCUT2D eigenvalue weighted by Gasteiger charge is 2.35. The molecule has 1 heteroatoms. The molecule has 0 atom stereocenters. The summed E-state index contributed by atoms with van der Waals surface area (Å²) in [4.78, 5) is 2.43. The van der Waals surface area contributed by atoms with E-state index in [1.807, 2.05) is 0 Å². The topological polar surface area (TPSA) is 3.24 Å². The molecule has 1 aromatic rings. The summed E-state index contributed by atoms with van der Waals surface area (Å²) in [5.74, 6) is 0. The molecule has 1 nitrogen and oxygen atoms in total. The second-order valence-corrected chi connectivity index (χ2v) is 5.98. The third-order valence-electron chi connectivity index (χ3n) is 4.07. The Labute approximate surface area is 111 Å². The van der Waals surface area contributed by atoms with Crippen LogP contribution in [0.5, 0.6) is 0 Å². The molecule has 0 saturated carbocycles. The van der Waals surface area contributed by atoms with E-state index in [1.54, 1.807) is 0 Å². The van der Waals surface area contributed by atoms with Gasteiger partial charge in [0.15, 0.2) is 0 Å². The lowest BCUT2D eigenvalue weighted by Crippen LogP contribution is -2.27. The van der Waals surface area contributed by atoms with Gasteiger partial charge in [0.2, 0.25) is 0 Å². The van der Waals surface area contributed by atoms with Crippen LogP contribution < -0.4 is 4.90 Å². The molecule has 18 heavy (non-hydrogen) atoms. The first kappa shape index (κ1) is 12.9. The number of para-hydroxylation sites is 1. The fourth-order valence-electron chi connectivity index (χ4n) is 2.66. The summed E-state index contributed by atoms with van der Waals surface area (Å²) in [6, 6.07) is 8.73. The molecule has 0 spiro atoms. The summed E-state index contributed by atoms with van der Waals surface area (Å²) in [5.41, 5.74) is 6.77. The average molecular weight is 241 g/mol. The zero-order chi connectivity index (χ0) is 13.5. The van der Waals surface area contributed by atoms with Crippen molar-refractivity contribution in [2.75, 3.05) is 11.4 Å². The molecule has 2 rings (SSSR count). The highest BCUT2D eigenvalue weighted by Crippen LogP contribution is 2.42. The molecule has 1 aliphatic heterocycles. The molecule has 0 saturated heterocycles. The Morgan fingerprint density at radius 3 is 2.39 bits per heavy atom. The van der Waals surface area contributed by atoms with E-state index < -0.39 is 0 Å². The van der Waals surface area contributed by atoms with Crippen molar-refractivity contribution in [3.63, 3.8) is 0 Å². The quantitative estimate of drug-likeness (QED) is 0.681. The van der Waals surface area contributed by atoms with E-state index in [0.29, 0.717) is 0 Å². The van der Waals surface area contributed by atoms with Gasteiger partial charge in [0.1, 0.15) is 0 Å². The van der Waals surface area contributed by atoms with E-state index in [-0.39, 0.29) is 5.41 Å². The Kier molecular flexibility index (Phi) is 3.10. The number of nitrogens with zero attached hydrogens (tertiary/aromatic N) is 1. The van der Waals surface area contributed by atoms with Crippen LogP contribution in [0.4, 0.5) is 5.69 Å². The van der Waals surface area contributed by atoms with Gasteiger partial charge < -0.3 is 4.90 Å². The van der Waals surface area contributed by atoms with Crippen molar-refractivity contribution in [1.29, 1.82) is 0 Å². The van der Waals surface area contributed by atoms with Crippen LogP contribution in [0.3, 0.4) is 0 Å². The van der Waals surface area contributed by atoms with Gasteiger partial charge >= 0.3 is 0 Å². The van der Waals surface area contributed by atoms with E-state index in [2.05, 4.69) is 70.4 Å². The molecule has 1 aromatic carbocycles. The first-order valence-corrected chi connectivity index (χ1v) is 6.55. The fraction of sp³-hybridized carbons (Fsp3) is 0.412. The van der Waals surface area contributed by atoms with Gasteiger partial charge in [0, 0.05) is 23.3 Å². The number of hydrogen-bond acceptors (Lipinski definition) is 1. The summed E-state index contributed by atoms with van der Waals surface area (Å²) < 4.78 is 0. The van der Waals surface area contributed by atoms with Gasteiger partial charge in [-0.25, -0.2) is 0 Å². The van der Waals surface area contributed by atoms with Crippen molar-refractivity contribution in [2.45, 2.75) is 40.0 Å². The Bertz CT molecular complexity index is 520. The molecule has 0 aromatic heterocycles. The number of benzene rings is 1. The predicted octanol–water partition coefficient (Wildman–Crippen LogP) is 4.65. The number of fused-ring (bicyclic) bond motifs is 1. The van der Waals surface area contributed by atoms with Crippen LogP contribution in [0.1, 0.15) is 40.2 Å². The second kappa shape index (κ2) is 4.31. The van der Waals surface area contributed by atoms with Crippen molar-refractivity contribution >= 4 is 5.69 Å². The van der Waals surface area contributed by atoms with Crippen LogP contribution in [0.25, 0.3) is 0 Å². The Morgan fingerprint density at radius 1 is 1.17 bits per heavy atom. The lowest BCUT2D eigenvalue weighted by Gasteiger charge is -2.25. The van der Waals surface area contributed by atoms with E-state index >= 15 is 0 Å². The lowest BCUT2D eigenvalue weighted by atomic mass is 9.87. The second-order valence-electron chi connectivity index (χ2n) is 5.98. The maximum atomic E-state index is 4.06. The van der Waals surface area contributed by atoms with Gasteiger partial charge in [0.05, 0.1) is 0 Å². The summed E-state index contributed by atoms with van der Waals surface area (Å²) in [5, 5.41) is 0. The minimum Gasteiger partial charge on any atom is -0.344 e. The summed E-state index contributed by atoms with van der Waals surface area (Å²) in [6.07, 6.45) is 0. The van der Waals surface area contributed by atoms with E-state index in [0.717, 1.165) is 12.1 Å². The van der Waals surface area contributed by atoms with E-state index in [4.69, 9.17) is 0 Å². The van der Waals surface area contributed by atoms with Crippen LogP contribution in [0.15, 0.2) is 47.7 Å². The van der Waals surface area contributed by atoms with Gasteiger partial charge in [-0.1, -0.05) is 44.2 Å². The predicted molar refractivity (Wildman–Crippen MR) is 80.0 cm³/mol. The van der Waals surface area contributed by atoms with Crippen LogP contribution in [-0.4, -0.2) is 6.54 Å². The van der Waals surface area contributed by atoms with Gasteiger partial charge in [-0.15, -0.1) is 0 Å². The van der Waals surface area contributed by atoms with Gasteiger partial charge in [-0.05, 0) is 38.0 Å². The van der Waals surface area contributed by atoms with Crippen LogP contribution >= 0.6 is 0 Å². The standard InChI is InChI=1S/C17H23N/c1-12(2)13(3)14(4)18-11-17(5,6)15-9-7-8-10-16(15)18/h7-10H,1,11H2,2-6H3/b14-13+. The number of anilines is 1. The third kappa shape index (κ3) is 1.98. The first-order chi connectivity index (χ1) is 8.34. The zero-order valence-corrected chi connectivity index (χ0v) is 12.2. The molecule has 0 bridgehead atoms. The molecule has 96 valence electrons. The average Bonchev–Trinajstić information content (AvgIpc) is 2.60. The highest BCUT2D eigenvalue weighted by atomic mass is 15.2. The van der Waals surface area contributed by atoms with Crippen molar-refractivity contribution in [3.8, 4) is 0 Å². The minimum atomic E-state index is 0.215. The van der Waals surface area contributed by atoms with Crippen molar-refractivity contribution in [2.24, 2.45) is 0 Å². The molecule has 0 aliphatic carbocycles. The normalized spacial score (nSPS) is 18.4. The fourth-order valence-corrected chi connectivity index (χ4v) is 2.66. The largest absolute Gasteiger partial charge is 0.344 e. The van der Waals surface area contributed by atoms with Crippen molar-refractivity contribution in [3.05, 3.63) is 53.3 Å². The number of rotatable bonds is 2. The van der Waals surface area contributed by atoms with E-state index in [1.165, 1.54) is 22.5 Å². The number of hydrogen-bond donors (Lipinski definition) is 0. The van der Waals surface area contributed by atoms with Crippen LogP contribution in [0, 0.1) is 0 Å². The summed E-state index contributed by atoms with van der Waals surface area (Å²) >= 11 is 0. The Morgan fingerprint density at radius 2 is 1.78 bits per heavy atom. The monoisotopic (exact) mass is 241 g/mol. The van der Waals surface area contributed by atoms with Crippen molar-refractivity contribution in [1.82, 2.24) is 0 Å². The van der Waals surface area contributed by atoms with Crippen molar-refractivity contribution < 1.29 is 0 Å². The summed E-state index contributed by atoms with van der Waals surface area (Å²) in [7, 11) is 0. The van der Waals surface area contributed by atoms with E-state index in [9.17, 15) is 0 Å². The molecule has 0 fully saturated rings. The molecular formula is C17H23N. The molecule has 0 unspecified atom stereocenters. The lowest BCUT2D eigenvalue weighted by molar-refractivity contribution is 0.563. The zero-order valence-electron chi connectivity index (χ0n) is 12.2. The highest BCUT2D eigenvalue weighted by molar-refractivity contribution is 5.66. The Hall–Kier alpha value is -1.50. The maximum Gasteiger partial charge on any atom is 0.0447 e. The SMILES string of the molecule is C=C(C)/C(C)=C(\C)N1CC(C)(C)c2ccccc21. The molecule has 0 N–H and O–H groups in total. The van der Waals surface area contributed by atoms with Crippen LogP contribution in [0.2, 0.25) is 0 Å². The first-order valence-electron chi connectivity index (χ1n) is 6.55. The molecule has 1 heterocycles. The number of allylic oxidation sites excluding steroid dienone is 3. The van der Waals surface area contributed by atoms with Crippen LogP contribution in [-0.2, 0) is 5.41 Å². The van der Waals surface area contributed by atoms with Gasteiger partial charge in [-0.2, -0.15) is 0 Å².